The zero-order chi connectivity index (χ0) is 18.6. The molecule has 0 saturated carbocycles. The summed E-state index contributed by atoms with van der Waals surface area (Å²) in [5, 5.41) is 10.5. The Morgan fingerprint density at radius 1 is 1.32 bits per heavy atom. The van der Waals surface area contributed by atoms with E-state index in [2.05, 4.69) is 0 Å². The van der Waals surface area contributed by atoms with Gasteiger partial charge in [-0.3, -0.25) is 4.79 Å². The van der Waals surface area contributed by atoms with Crippen LogP contribution in [0.25, 0.3) is 0 Å². The van der Waals surface area contributed by atoms with Gasteiger partial charge >= 0.3 is 12.1 Å². The van der Waals surface area contributed by atoms with E-state index in [1.54, 1.807) is 0 Å². The third-order valence-corrected chi connectivity index (χ3v) is 4.44. The van der Waals surface area contributed by atoms with Crippen molar-refractivity contribution in [3.63, 3.8) is 0 Å². The average Bonchev–Trinajstić information content (AvgIpc) is 2.73. The fourth-order valence-electron chi connectivity index (χ4n) is 2.99. The molecule has 1 N–H and O–H groups in total. The lowest BCUT2D eigenvalue weighted by atomic mass is 9.89. The number of aliphatic hydroxyl groups excluding tert-OH is 1. The van der Waals surface area contributed by atoms with Crippen molar-refractivity contribution in [2.45, 2.75) is 57.4 Å². The first-order chi connectivity index (χ1) is 11.7. The molecule has 0 unspecified atom stereocenters. The predicted molar refractivity (Wildman–Crippen MR) is 83.5 cm³/mol. The number of aliphatic hydroxyl groups is 1. The summed E-state index contributed by atoms with van der Waals surface area (Å²) >= 11 is 0. The fraction of sp³-hybridized carbons (Fsp3) is 0.556. The molecule has 4 nitrogen and oxygen atoms in total. The van der Waals surface area contributed by atoms with Crippen LogP contribution >= 0.6 is 0 Å². The highest BCUT2D eigenvalue weighted by Crippen LogP contribution is 2.34. The SMILES string of the molecule is CC(=O)CC[C@H]1CCC(=O)O[C@@H]([C@H](O)c2ccc(C(F)(F)F)cc2)C1. The van der Waals surface area contributed by atoms with Gasteiger partial charge in [-0.1, -0.05) is 12.1 Å². The lowest BCUT2D eigenvalue weighted by Crippen LogP contribution is -2.25. The lowest BCUT2D eigenvalue weighted by Gasteiger charge is -2.24. The highest BCUT2D eigenvalue weighted by atomic mass is 19.4. The predicted octanol–water partition coefficient (Wildman–Crippen LogP) is 3.82. The van der Waals surface area contributed by atoms with Crippen molar-refractivity contribution in [3.8, 4) is 0 Å². The number of ketones is 1. The van der Waals surface area contributed by atoms with Crippen molar-refractivity contribution in [2.24, 2.45) is 5.92 Å². The Balaban J connectivity index is 2.10. The zero-order valence-electron chi connectivity index (χ0n) is 13.9. The standard InChI is InChI=1S/C18H21F3O4/c1-11(22)2-3-12-4-9-16(23)25-15(10-12)17(24)13-5-7-14(8-6-13)18(19,20)21/h5-8,12,15,17,24H,2-4,9-10H2,1H3/t12-,15+,17+/m0/s1. The van der Waals surface area contributed by atoms with Crippen LogP contribution in [0.15, 0.2) is 24.3 Å². The summed E-state index contributed by atoms with van der Waals surface area (Å²) in [5.41, 5.74) is -0.543. The molecule has 1 aliphatic heterocycles. The minimum absolute atomic E-state index is 0.0458. The molecule has 1 aliphatic rings. The highest BCUT2D eigenvalue weighted by molar-refractivity contribution is 5.75. The van der Waals surface area contributed by atoms with Gasteiger partial charge in [-0.2, -0.15) is 13.2 Å². The van der Waals surface area contributed by atoms with Crippen LogP contribution in [0.4, 0.5) is 13.2 Å². The molecule has 1 aromatic carbocycles. The van der Waals surface area contributed by atoms with E-state index < -0.39 is 29.9 Å². The molecule has 7 heteroatoms. The first-order valence-electron chi connectivity index (χ1n) is 8.21. The number of rotatable bonds is 5. The number of esters is 1. The van der Waals surface area contributed by atoms with Crippen LogP contribution in [0.2, 0.25) is 0 Å². The number of carbonyl (C=O) groups is 2. The van der Waals surface area contributed by atoms with E-state index in [0.29, 0.717) is 25.7 Å². The van der Waals surface area contributed by atoms with Crippen LogP contribution in [0.1, 0.15) is 56.3 Å². The Hall–Kier alpha value is -1.89. The Morgan fingerprint density at radius 2 is 1.96 bits per heavy atom. The van der Waals surface area contributed by atoms with Gasteiger partial charge in [0.2, 0.25) is 0 Å². The van der Waals surface area contributed by atoms with Crippen molar-refractivity contribution < 1.29 is 32.6 Å². The largest absolute Gasteiger partial charge is 0.459 e. The van der Waals surface area contributed by atoms with Gasteiger partial charge in [0.05, 0.1) is 5.56 Å². The summed E-state index contributed by atoms with van der Waals surface area (Å²) in [6.45, 7) is 1.49. The Morgan fingerprint density at radius 3 is 2.52 bits per heavy atom. The van der Waals surface area contributed by atoms with Crippen molar-refractivity contribution in [2.75, 3.05) is 0 Å². The molecule has 1 heterocycles. The maximum atomic E-state index is 12.6. The van der Waals surface area contributed by atoms with Crippen LogP contribution in [-0.4, -0.2) is 23.0 Å². The molecule has 3 atom stereocenters. The molecule has 0 aliphatic carbocycles. The van der Waals surface area contributed by atoms with E-state index in [-0.39, 0.29) is 23.7 Å². The quantitative estimate of drug-likeness (QED) is 0.813. The van der Waals surface area contributed by atoms with E-state index >= 15 is 0 Å². The van der Waals surface area contributed by atoms with Crippen molar-refractivity contribution in [1.29, 1.82) is 0 Å². The van der Waals surface area contributed by atoms with E-state index in [0.717, 1.165) is 12.1 Å². The van der Waals surface area contributed by atoms with Gasteiger partial charge in [0.15, 0.2) is 0 Å². The van der Waals surface area contributed by atoms with Crippen LogP contribution in [0.5, 0.6) is 0 Å². The average molecular weight is 358 g/mol. The molecule has 0 spiro atoms. The first kappa shape index (κ1) is 19.4. The van der Waals surface area contributed by atoms with E-state index in [4.69, 9.17) is 4.74 Å². The maximum Gasteiger partial charge on any atom is 0.416 e. The van der Waals surface area contributed by atoms with Crippen molar-refractivity contribution in [3.05, 3.63) is 35.4 Å². The molecule has 2 rings (SSSR count). The van der Waals surface area contributed by atoms with E-state index in [9.17, 15) is 27.9 Å². The van der Waals surface area contributed by atoms with Gasteiger partial charge < -0.3 is 14.6 Å². The van der Waals surface area contributed by atoms with Crippen LogP contribution in [-0.2, 0) is 20.5 Å². The van der Waals surface area contributed by atoms with Gasteiger partial charge in [-0.05, 0) is 49.8 Å². The number of hydrogen-bond acceptors (Lipinski definition) is 4. The third-order valence-electron chi connectivity index (χ3n) is 4.44. The first-order valence-corrected chi connectivity index (χ1v) is 8.21. The summed E-state index contributed by atoms with van der Waals surface area (Å²) in [6, 6.07) is 4.17. The summed E-state index contributed by atoms with van der Waals surface area (Å²) < 4.78 is 43.1. The Kier molecular flexibility index (Phi) is 6.21. The molecular formula is C18H21F3O4. The number of carbonyl (C=O) groups excluding carboxylic acids is 2. The second kappa shape index (κ2) is 7.99. The molecule has 0 radical (unpaired) electrons. The normalized spacial score (nSPS) is 22.8. The highest BCUT2D eigenvalue weighted by Gasteiger charge is 2.33. The van der Waals surface area contributed by atoms with Crippen LogP contribution in [0, 0.1) is 5.92 Å². The summed E-state index contributed by atoms with van der Waals surface area (Å²) in [4.78, 5) is 22.9. The van der Waals surface area contributed by atoms with Gasteiger partial charge in [0, 0.05) is 12.8 Å². The minimum atomic E-state index is -4.45. The number of halogens is 3. The molecule has 1 saturated heterocycles. The van der Waals surface area contributed by atoms with Crippen LogP contribution in [0.3, 0.4) is 0 Å². The zero-order valence-corrected chi connectivity index (χ0v) is 13.9. The number of benzene rings is 1. The number of hydrogen-bond donors (Lipinski definition) is 1. The van der Waals surface area contributed by atoms with Gasteiger partial charge in [-0.25, -0.2) is 0 Å². The number of cyclic esters (lactones) is 1. The molecule has 1 aromatic rings. The van der Waals surface area contributed by atoms with Crippen molar-refractivity contribution in [1.82, 2.24) is 0 Å². The molecule has 0 amide bonds. The topological polar surface area (TPSA) is 63.6 Å². The lowest BCUT2D eigenvalue weighted by molar-refractivity contribution is -0.154. The smallest absolute Gasteiger partial charge is 0.416 e. The summed E-state index contributed by atoms with van der Waals surface area (Å²) in [7, 11) is 0. The van der Waals surface area contributed by atoms with E-state index in [1.165, 1.54) is 19.1 Å². The number of alkyl halides is 3. The second-order valence-electron chi connectivity index (χ2n) is 6.47. The molecule has 0 aromatic heterocycles. The van der Waals surface area contributed by atoms with E-state index in [1.807, 2.05) is 0 Å². The summed E-state index contributed by atoms with van der Waals surface area (Å²) in [6.07, 6.45) is -4.34. The minimum Gasteiger partial charge on any atom is -0.459 e. The Labute approximate surface area is 144 Å². The number of ether oxygens (including phenoxy) is 1. The van der Waals surface area contributed by atoms with Gasteiger partial charge in [0.25, 0.3) is 0 Å². The summed E-state index contributed by atoms with van der Waals surface area (Å²) in [5.74, 6) is -0.345. The molecule has 0 bridgehead atoms. The maximum absolute atomic E-state index is 12.6. The second-order valence-corrected chi connectivity index (χ2v) is 6.47. The fourth-order valence-corrected chi connectivity index (χ4v) is 2.99. The van der Waals surface area contributed by atoms with Crippen molar-refractivity contribution >= 4 is 11.8 Å². The Bertz CT molecular complexity index is 610. The number of Topliss-reactive ketones (excluding diaryl/α,β-unsaturated/α-hetero) is 1. The van der Waals surface area contributed by atoms with Crippen LogP contribution < -0.4 is 0 Å². The monoisotopic (exact) mass is 358 g/mol. The molecule has 1 fully saturated rings. The van der Waals surface area contributed by atoms with Gasteiger partial charge in [-0.15, -0.1) is 0 Å². The third kappa shape index (κ3) is 5.56. The molecule has 138 valence electrons. The molecule has 25 heavy (non-hydrogen) atoms. The van der Waals surface area contributed by atoms with Gasteiger partial charge in [0.1, 0.15) is 18.0 Å². The molecular weight excluding hydrogens is 337 g/mol.